The van der Waals surface area contributed by atoms with Crippen LogP contribution in [-0.2, 0) is 4.79 Å². The number of aromatic nitrogens is 2. The summed E-state index contributed by atoms with van der Waals surface area (Å²) in [5.74, 6) is 1.39. The maximum absolute atomic E-state index is 12.3. The van der Waals surface area contributed by atoms with Crippen LogP contribution in [0.4, 0.5) is 5.69 Å². The van der Waals surface area contributed by atoms with E-state index in [9.17, 15) is 4.79 Å². The molecule has 2 aromatic carbocycles. The number of benzene rings is 2. The zero-order valence-electron chi connectivity index (χ0n) is 13.4. The quantitative estimate of drug-likeness (QED) is 0.778. The van der Waals surface area contributed by atoms with Crippen LogP contribution in [0, 0.1) is 6.92 Å². The molecule has 3 aromatic rings. The molecule has 24 heavy (non-hydrogen) atoms. The van der Waals surface area contributed by atoms with Crippen LogP contribution < -0.4 is 10.1 Å². The van der Waals surface area contributed by atoms with Crippen LogP contribution in [0.15, 0.2) is 59.1 Å². The van der Waals surface area contributed by atoms with Gasteiger partial charge < -0.3 is 14.6 Å². The molecule has 1 heterocycles. The lowest BCUT2D eigenvalue weighted by Crippen LogP contribution is -2.30. The smallest absolute Gasteiger partial charge is 0.265 e. The van der Waals surface area contributed by atoms with E-state index in [0.717, 1.165) is 5.56 Å². The van der Waals surface area contributed by atoms with Gasteiger partial charge in [-0.05, 0) is 31.2 Å². The monoisotopic (exact) mass is 323 g/mol. The van der Waals surface area contributed by atoms with E-state index in [0.29, 0.717) is 23.2 Å². The number of carbonyl (C=O) groups is 1. The molecular formula is C18H17N3O3. The van der Waals surface area contributed by atoms with Gasteiger partial charge in [-0.3, -0.25) is 4.79 Å². The highest BCUT2D eigenvalue weighted by atomic mass is 16.5. The average molecular weight is 323 g/mol. The highest BCUT2D eigenvalue weighted by Crippen LogP contribution is 2.20. The summed E-state index contributed by atoms with van der Waals surface area (Å²) >= 11 is 0. The minimum atomic E-state index is -0.622. The molecule has 0 unspecified atom stereocenters. The lowest BCUT2D eigenvalue weighted by Gasteiger charge is -2.14. The Bertz CT molecular complexity index is 830. The second kappa shape index (κ2) is 6.95. The summed E-state index contributed by atoms with van der Waals surface area (Å²) in [5.41, 5.74) is 1.41. The first-order valence-electron chi connectivity index (χ1n) is 7.55. The minimum absolute atomic E-state index is 0.236. The van der Waals surface area contributed by atoms with Crippen LogP contribution >= 0.6 is 0 Å². The molecule has 6 nitrogen and oxygen atoms in total. The van der Waals surface area contributed by atoms with Gasteiger partial charge in [0, 0.05) is 18.2 Å². The van der Waals surface area contributed by atoms with Crippen molar-refractivity contribution in [2.75, 3.05) is 5.32 Å². The lowest BCUT2D eigenvalue weighted by molar-refractivity contribution is -0.122. The fraction of sp³-hybridized carbons (Fsp3) is 0.167. The van der Waals surface area contributed by atoms with E-state index in [1.165, 1.54) is 0 Å². The van der Waals surface area contributed by atoms with E-state index in [1.54, 1.807) is 26.0 Å². The summed E-state index contributed by atoms with van der Waals surface area (Å²) in [6.07, 6.45) is -0.622. The van der Waals surface area contributed by atoms with E-state index < -0.39 is 6.10 Å². The van der Waals surface area contributed by atoms with E-state index in [-0.39, 0.29) is 5.91 Å². The Morgan fingerprint density at radius 3 is 2.67 bits per heavy atom. The molecule has 0 aliphatic heterocycles. The molecule has 0 spiro atoms. The highest BCUT2D eigenvalue weighted by molar-refractivity contribution is 5.94. The third-order valence-corrected chi connectivity index (χ3v) is 3.34. The lowest BCUT2D eigenvalue weighted by atomic mass is 10.2. The maximum Gasteiger partial charge on any atom is 0.265 e. The Kier molecular flexibility index (Phi) is 4.56. The van der Waals surface area contributed by atoms with Crippen molar-refractivity contribution >= 4 is 11.6 Å². The number of nitrogens with zero attached hydrogens (tertiary/aromatic N) is 2. The van der Waals surface area contributed by atoms with Crippen molar-refractivity contribution in [3.63, 3.8) is 0 Å². The summed E-state index contributed by atoms with van der Waals surface area (Å²) in [6, 6.07) is 16.5. The molecule has 0 saturated carbocycles. The normalized spacial score (nSPS) is 11.8. The molecule has 0 aliphatic carbocycles. The number of para-hydroxylation sites is 1. The number of hydrogen-bond acceptors (Lipinski definition) is 5. The molecule has 1 aromatic heterocycles. The molecular weight excluding hydrogens is 306 g/mol. The van der Waals surface area contributed by atoms with Crippen LogP contribution in [0.3, 0.4) is 0 Å². The van der Waals surface area contributed by atoms with Gasteiger partial charge in [-0.1, -0.05) is 35.5 Å². The molecule has 1 N–H and O–H groups in total. The fourth-order valence-corrected chi connectivity index (χ4v) is 2.15. The van der Waals surface area contributed by atoms with Crippen LogP contribution in [-0.4, -0.2) is 22.2 Å². The average Bonchev–Trinajstić information content (AvgIpc) is 3.02. The van der Waals surface area contributed by atoms with Crippen molar-refractivity contribution in [1.82, 2.24) is 10.1 Å². The summed E-state index contributed by atoms with van der Waals surface area (Å²) in [5, 5.41) is 6.70. The number of amides is 1. The summed E-state index contributed by atoms with van der Waals surface area (Å²) < 4.78 is 10.6. The number of anilines is 1. The SMILES string of the molecule is Cc1nc(-c2cccc(NC(=O)[C@H](C)Oc3ccccc3)c2)no1. The number of hydrogen-bond donors (Lipinski definition) is 1. The molecule has 3 rings (SSSR count). The van der Waals surface area contributed by atoms with Gasteiger partial charge in [0.15, 0.2) is 6.10 Å². The highest BCUT2D eigenvalue weighted by Gasteiger charge is 2.15. The third kappa shape index (κ3) is 3.78. The van der Waals surface area contributed by atoms with Gasteiger partial charge in [-0.15, -0.1) is 0 Å². The zero-order valence-corrected chi connectivity index (χ0v) is 13.4. The van der Waals surface area contributed by atoms with Crippen molar-refractivity contribution in [3.8, 4) is 17.1 Å². The fourth-order valence-electron chi connectivity index (χ4n) is 2.15. The van der Waals surface area contributed by atoms with Crippen LogP contribution in [0.2, 0.25) is 0 Å². The molecule has 0 saturated heterocycles. The Hall–Kier alpha value is -3.15. The molecule has 0 fully saturated rings. The van der Waals surface area contributed by atoms with Gasteiger partial charge in [-0.25, -0.2) is 0 Å². The van der Waals surface area contributed by atoms with E-state index in [1.807, 2.05) is 42.5 Å². The van der Waals surface area contributed by atoms with Crippen LogP contribution in [0.1, 0.15) is 12.8 Å². The van der Waals surface area contributed by atoms with E-state index in [4.69, 9.17) is 9.26 Å². The topological polar surface area (TPSA) is 77.2 Å². The van der Waals surface area contributed by atoms with Gasteiger partial charge in [-0.2, -0.15) is 4.98 Å². The van der Waals surface area contributed by atoms with E-state index in [2.05, 4.69) is 15.5 Å². The first kappa shape index (κ1) is 15.7. The third-order valence-electron chi connectivity index (χ3n) is 3.34. The van der Waals surface area contributed by atoms with Gasteiger partial charge in [0.05, 0.1) is 0 Å². The first-order valence-corrected chi connectivity index (χ1v) is 7.55. The second-order valence-corrected chi connectivity index (χ2v) is 5.28. The van der Waals surface area contributed by atoms with Crippen molar-refractivity contribution in [1.29, 1.82) is 0 Å². The first-order chi connectivity index (χ1) is 11.6. The number of carbonyl (C=O) groups excluding carboxylic acids is 1. The van der Waals surface area contributed by atoms with Crippen molar-refractivity contribution in [2.24, 2.45) is 0 Å². The summed E-state index contributed by atoms with van der Waals surface area (Å²) in [4.78, 5) is 16.5. The van der Waals surface area contributed by atoms with Crippen LogP contribution in [0.25, 0.3) is 11.4 Å². The van der Waals surface area contributed by atoms with Crippen molar-refractivity contribution in [2.45, 2.75) is 20.0 Å². The van der Waals surface area contributed by atoms with Gasteiger partial charge in [0.25, 0.3) is 5.91 Å². The molecule has 1 amide bonds. The molecule has 0 bridgehead atoms. The van der Waals surface area contributed by atoms with Crippen LogP contribution in [0.5, 0.6) is 5.75 Å². The Morgan fingerprint density at radius 1 is 1.17 bits per heavy atom. The molecule has 1 atom stereocenters. The number of aryl methyl sites for hydroxylation is 1. The van der Waals surface area contributed by atoms with Gasteiger partial charge in [0.1, 0.15) is 5.75 Å². The summed E-state index contributed by atoms with van der Waals surface area (Å²) in [6.45, 7) is 3.43. The predicted molar refractivity (Wildman–Crippen MR) is 89.6 cm³/mol. The number of rotatable bonds is 5. The van der Waals surface area contributed by atoms with Crippen molar-refractivity contribution < 1.29 is 14.1 Å². The predicted octanol–water partition coefficient (Wildman–Crippen LogP) is 3.45. The summed E-state index contributed by atoms with van der Waals surface area (Å²) in [7, 11) is 0. The standard InChI is InChI=1S/C18H17N3O3/c1-12(23-16-9-4-3-5-10-16)18(22)20-15-8-6-7-14(11-15)17-19-13(2)24-21-17/h3-12H,1-2H3,(H,20,22)/t12-/m0/s1. The molecule has 6 heteroatoms. The Balaban J connectivity index is 1.68. The Labute approximate surface area is 139 Å². The largest absolute Gasteiger partial charge is 0.481 e. The van der Waals surface area contributed by atoms with Gasteiger partial charge in [0.2, 0.25) is 11.7 Å². The van der Waals surface area contributed by atoms with E-state index >= 15 is 0 Å². The molecule has 0 radical (unpaired) electrons. The zero-order chi connectivity index (χ0) is 16.9. The molecule has 122 valence electrons. The second-order valence-electron chi connectivity index (χ2n) is 5.28. The maximum atomic E-state index is 12.3. The number of ether oxygens (including phenoxy) is 1. The number of nitrogens with one attached hydrogen (secondary N) is 1. The van der Waals surface area contributed by atoms with Crippen molar-refractivity contribution in [3.05, 3.63) is 60.5 Å². The van der Waals surface area contributed by atoms with Gasteiger partial charge >= 0.3 is 0 Å². The molecule has 0 aliphatic rings. The Morgan fingerprint density at radius 2 is 1.96 bits per heavy atom. The minimum Gasteiger partial charge on any atom is -0.481 e.